The Labute approximate surface area is 212 Å². The molecule has 0 unspecified atom stereocenters. The number of carbonyl (C=O) groups excluding carboxylic acids is 1. The van der Waals surface area contributed by atoms with Gasteiger partial charge in [-0.05, 0) is 49.6 Å². The largest absolute Gasteiger partial charge is 0.496 e. The van der Waals surface area contributed by atoms with E-state index < -0.39 is 6.10 Å². The van der Waals surface area contributed by atoms with E-state index in [4.69, 9.17) is 15.2 Å². The Morgan fingerprint density at radius 1 is 1.03 bits per heavy atom. The van der Waals surface area contributed by atoms with Crippen LogP contribution in [-0.4, -0.2) is 42.3 Å². The van der Waals surface area contributed by atoms with Gasteiger partial charge in [0.15, 0.2) is 0 Å². The average molecular weight is 493 g/mol. The first-order valence-corrected chi connectivity index (χ1v) is 11.9. The van der Waals surface area contributed by atoms with Crippen molar-refractivity contribution < 1.29 is 19.4 Å². The summed E-state index contributed by atoms with van der Waals surface area (Å²) in [7, 11) is 3.19. The Morgan fingerprint density at radius 2 is 1.67 bits per heavy atom. The number of nitrogens with one attached hydrogen (secondary N) is 2. The van der Waals surface area contributed by atoms with Crippen molar-refractivity contribution in [2.45, 2.75) is 44.9 Å². The Morgan fingerprint density at radius 3 is 2.25 bits per heavy atom. The van der Waals surface area contributed by atoms with Crippen molar-refractivity contribution in [1.29, 1.82) is 0 Å². The summed E-state index contributed by atoms with van der Waals surface area (Å²) in [6.07, 6.45) is 1.96. The Hall–Kier alpha value is -3.62. The number of hydrogen-bond acceptors (Lipinski definition) is 7. The monoisotopic (exact) mass is 492 g/mol. The lowest BCUT2D eigenvalue weighted by Gasteiger charge is -2.28. The fourth-order valence-electron chi connectivity index (χ4n) is 3.99. The van der Waals surface area contributed by atoms with E-state index in [2.05, 4.69) is 29.5 Å². The van der Waals surface area contributed by atoms with E-state index in [0.717, 1.165) is 28.7 Å². The molecule has 192 valence electrons. The van der Waals surface area contributed by atoms with Crippen molar-refractivity contribution in [1.82, 2.24) is 15.6 Å². The first-order chi connectivity index (χ1) is 17.2. The molecule has 3 rings (SSSR count). The van der Waals surface area contributed by atoms with Crippen molar-refractivity contribution >= 4 is 11.7 Å². The zero-order valence-electron chi connectivity index (χ0n) is 21.4. The standard InChI is InChI=1S/C28H36N4O4/c1-28(2,32-18-23(33)21-12-13-26(29)30-16-21)15-20-10-8-19(9-11-20)14-27(34)31-17-22-24(35-3)6-5-7-25(22)36-4/h5-13,16,23,32-33H,14-15,17-18H2,1-4H3,(H2,29,30)(H,31,34)/t23-/m1/s1. The van der Waals surface area contributed by atoms with Crippen LogP contribution in [0.4, 0.5) is 5.82 Å². The number of aromatic nitrogens is 1. The fourth-order valence-corrected chi connectivity index (χ4v) is 3.99. The molecule has 1 aromatic heterocycles. The second kappa shape index (κ2) is 12.4. The predicted molar refractivity (Wildman–Crippen MR) is 141 cm³/mol. The molecule has 8 nitrogen and oxygen atoms in total. The molecule has 0 saturated heterocycles. The van der Waals surface area contributed by atoms with Gasteiger partial charge in [0.2, 0.25) is 5.91 Å². The van der Waals surface area contributed by atoms with Crippen LogP contribution in [0.5, 0.6) is 11.5 Å². The summed E-state index contributed by atoms with van der Waals surface area (Å²) >= 11 is 0. The average Bonchev–Trinajstić information content (AvgIpc) is 2.87. The van der Waals surface area contributed by atoms with E-state index in [1.165, 1.54) is 0 Å². The van der Waals surface area contributed by atoms with Crippen molar-refractivity contribution in [2.24, 2.45) is 0 Å². The number of β-amino-alcohol motifs (C(OH)–C–C–N with tert-alkyl or cyclic N) is 1. The highest BCUT2D eigenvalue weighted by atomic mass is 16.5. The number of aliphatic hydroxyl groups excluding tert-OH is 1. The second-order valence-electron chi connectivity index (χ2n) is 9.38. The molecule has 36 heavy (non-hydrogen) atoms. The van der Waals surface area contributed by atoms with E-state index in [-0.39, 0.29) is 17.9 Å². The van der Waals surface area contributed by atoms with Crippen LogP contribution in [0.3, 0.4) is 0 Å². The van der Waals surface area contributed by atoms with Crippen LogP contribution in [0.2, 0.25) is 0 Å². The minimum atomic E-state index is -0.672. The molecule has 0 aliphatic rings. The molecule has 1 atom stereocenters. The van der Waals surface area contributed by atoms with Gasteiger partial charge < -0.3 is 30.9 Å². The number of pyridine rings is 1. The van der Waals surface area contributed by atoms with Gasteiger partial charge in [0.05, 0.1) is 38.9 Å². The molecule has 1 amide bonds. The van der Waals surface area contributed by atoms with Gasteiger partial charge in [0.25, 0.3) is 0 Å². The molecule has 0 aliphatic heterocycles. The van der Waals surface area contributed by atoms with E-state index in [9.17, 15) is 9.90 Å². The number of ether oxygens (including phenoxy) is 2. The van der Waals surface area contributed by atoms with Gasteiger partial charge in [-0.3, -0.25) is 4.79 Å². The quantitative estimate of drug-likeness (QED) is 0.307. The third-order valence-corrected chi connectivity index (χ3v) is 5.99. The second-order valence-corrected chi connectivity index (χ2v) is 9.38. The minimum absolute atomic E-state index is 0.0798. The third kappa shape index (κ3) is 7.69. The maximum Gasteiger partial charge on any atom is 0.224 e. The molecular weight excluding hydrogens is 456 g/mol. The Balaban J connectivity index is 1.50. The maximum absolute atomic E-state index is 12.5. The van der Waals surface area contributed by atoms with Gasteiger partial charge in [-0.1, -0.05) is 36.4 Å². The molecule has 0 bridgehead atoms. The predicted octanol–water partition coefficient (Wildman–Crippen LogP) is 3.18. The van der Waals surface area contributed by atoms with Gasteiger partial charge in [0, 0.05) is 23.8 Å². The fraction of sp³-hybridized carbons (Fsp3) is 0.357. The molecule has 0 radical (unpaired) electrons. The number of nitrogens with zero attached hydrogens (tertiary/aromatic N) is 1. The van der Waals surface area contributed by atoms with Crippen LogP contribution >= 0.6 is 0 Å². The SMILES string of the molecule is COc1cccc(OC)c1CNC(=O)Cc1ccc(CC(C)(C)NC[C@@H](O)c2ccc(N)nc2)cc1. The van der Waals surface area contributed by atoms with Crippen LogP contribution in [0, 0.1) is 0 Å². The first-order valence-electron chi connectivity index (χ1n) is 11.9. The topological polar surface area (TPSA) is 119 Å². The molecule has 3 aromatic rings. The highest BCUT2D eigenvalue weighted by molar-refractivity contribution is 5.78. The molecule has 0 spiro atoms. The molecule has 0 fully saturated rings. The van der Waals surface area contributed by atoms with Gasteiger partial charge in [0.1, 0.15) is 17.3 Å². The lowest BCUT2D eigenvalue weighted by atomic mass is 9.93. The van der Waals surface area contributed by atoms with Crippen LogP contribution in [0.1, 0.15) is 42.2 Å². The van der Waals surface area contributed by atoms with Gasteiger partial charge >= 0.3 is 0 Å². The molecule has 0 aliphatic carbocycles. The summed E-state index contributed by atoms with van der Waals surface area (Å²) in [5.74, 6) is 1.70. The maximum atomic E-state index is 12.5. The van der Waals surface area contributed by atoms with Crippen molar-refractivity contribution in [3.05, 3.63) is 83.0 Å². The number of hydrogen-bond donors (Lipinski definition) is 4. The Kier molecular flexibility index (Phi) is 9.27. The van der Waals surface area contributed by atoms with E-state index in [1.54, 1.807) is 32.5 Å². The molecule has 5 N–H and O–H groups in total. The van der Waals surface area contributed by atoms with Gasteiger partial charge in [-0.15, -0.1) is 0 Å². The lowest BCUT2D eigenvalue weighted by Crippen LogP contribution is -2.43. The summed E-state index contributed by atoms with van der Waals surface area (Å²) in [6.45, 7) is 4.90. The van der Waals surface area contributed by atoms with E-state index in [0.29, 0.717) is 30.4 Å². The van der Waals surface area contributed by atoms with Crippen LogP contribution in [-0.2, 0) is 24.2 Å². The molecule has 1 heterocycles. The summed E-state index contributed by atoms with van der Waals surface area (Å²) in [5, 5.41) is 16.8. The number of aliphatic hydroxyl groups is 1. The lowest BCUT2D eigenvalue weighted by molar-refractivity contribution is -0.120. The van der Waals surface area contributed by atoms with Gasteiger partial charge in [-0.2, -0.15) is 0 Å². The highest BCUT2D eigenvalue weighted by Gasteiger charge is 2.20. The summed E-state index contributed by atoms with van der Waals surface area (Å²) in [6, 6.07) is 17.0. The number of rotatable bonds is 12. The number of methoxy groups -OCH3 is 2. The number of nitrogens with two attached hydrogens (primary N) is 1. The van der Waals surface area contributed by atoms with E-state index >= 15 is 0 Å². The zero-order chi connectivity index (χ0) is 26.1. The third-order valence-electron chi connectivity index (χ3n) is 5.99. The van der Waals surface area contributed by atoms with E-state index in [1.807, 2.05) is 42.5 Å². The minimum Gasteiger partial charge on any atom is -0.496 e. The van der Waals surface area contributed by atoms with Crippen LogP contribution < -0.4 is 25.8 Å². The number of benzene rings is 2. The molecule has 8 heteroatoms. The number of nitrogen functional groups attached to an aromatic ring is 1. The van der Waals surface area contributed by atoms with Gasteiger partial charge in [-0.25, -0.2) is 4.98 Å². The number of carbonyl (C=O) groups is 1. The first kappa shape index (κ1) is 27.0. The summed E-state index contributed by atoms with van der Waals surface area (Å²) < 4.78 is 10.8. The smallest absolute Gasteiger partial charge is 0.224 e. The zero-order valence-corrected chi connectivity index (χ0v) is 21.4. The normalized spacial score (nSPS) is 12.1. The molecular formula is C28H36N4O4. The van der Waals surface area contributed by atoms with Crippen LogP contribution in [0.25, 0.3) is 0 Å². The molecule has 2 aromatic carbocycles. The van der Waals surface area contributed by atoms with Crippen LogP contribution in [0.15, 0.2) is 60.8 Å². The van der Waals surface area contributed by atoms with Crippen molar-refractivity contribution in [2.75, 3.05) is 26.5 Å². The van der Waals surface area contributed by atoms with Crippen molar-refractivity contribution in [3.63, 3.8) is 0 Å². The molecule has 0 saturated carbocycles. The number of amides is 1. The summed E-state index contributed by atoms with van der Waals surface area (Å²) in [5.41, 5.74) is 8.97. The Bertz CT molecular complexity index is 1110. The van der Waals surface area contributed by atoms with Crippen molar-refractivity contribution in [3.8, 4) is 11.5 Å². The summed E-state index contributed by atoms with van der Waals surface area (Å²) in [4.78, 5) is 16.6. The highest BCUT2D eigenvalue weighted by Crippen LogP contribution is 2.28. The number of anilines is 1.